The van der Waals surface area contributed by atoms with Crippen molar-refractivity contribution in [1.82, 2.24) is 0 Å². The highest BCUT2D eigenvalue weighted by Gasteiger charge is 2.25. The molecule has 2 aromatic carbocycles. The number of hydrogen-bond acceptors (Lipinski definition) is 8. The van der Waals surface area contributed by atoms with E-state index in [0.717, 1.165) is 12.1 Å². The number of ether oxygens (including phenoxy) is 1. The van der Waals surface area contributed by atoms with Crippen LogP contribution in [0.25, 0.3) is 0 Å². The van der Waals surface area contributed by atoms with E-state index >= 15 is 0 Å². The number of nitro groups is 2. The number of carbonyl (C=O) groups is 1. The maximum absolute atomic E-state index is 11.2. The summed E-state index contributed by atoms with van der Waals surface area (Å²) in [7, 11) is 0. The van der Waals surface area contributed by atoms with Gasteiger partial charge in [-0.2, -0.15) is 5.11 Å². The zero-order chi connectivity index (χ0) is 20.0. The van der Waals surface area contributed by atoms with Crippen LogP contribution in [-0.4, -0.2) is 27.5 Å². The lowest BCUT2D eigenvalue weighted by Crippen LogP contribution is -2.00. The van der Waals surface area contributed by atoms with Crippen LogP contribution in [-0.2, 0) is 0 Å². The van der Waals surface area contributed by atoms with Crippen LogP contribution in [0, 0.1) is 20.2 Å². The van der Waals surface area contributed by atoms with Gasteiger partial charge in [-0.3, -0.25) is 20.2 Å². The van der Waals surface area contributed by atoms with Crippen LogP contribution >= 0.6 is 0 Å². The van der Waals surface area contributed by atoms with Crippen molar-refractivity contribution >= 4 is 28.7 Å². The Labute approximate surface area is 151 Å². The Hall–Kier alpha value is -4.15. The molecule has 0 aliphatic carbocycles. The minimum absolute atomic E-state index is 0.0370. The van der Waals surface area contributed by atoms with Crippen LogP contribution in [0.3, 0.4) is 0 Å². The van der Waals surface area contributed by atoms with Crippen LogP contribution in [0.2, 0.25) is 0 Å². The maximum atomic E-state index is 11.2. The Kier molecular flexibility index (Phi) is 5.89. The SMILES string of the molecule is C=CCOc1c(N=Nc2ccc(C(=O)O)cc2)cc([N+](=O)[O-])cc1[N+](=O)[O-]. The van der Waals surface area contributed by atoms with E-state index < -0.39 is 27.2 Å². The zero-order valence-corrected chi connectivity index (χ0v) is 13.6. The number of carboxylic acid groups (broad SMARTS) is 1. The average Bonchev–Trinajstić information content (AvgIpc) is 2.64. The van der Waals surface area contributed by atoms with Gasteiger partial charge in [-0.25, -0.2) is 4.79 Å². The second-order valence-corrected chi connectivity index (χ2v) is 4.98. The van der Waals surface area contributed by atoms with Crippen LogP contribution in [0.1, 0.15) is 10.4 Å². The molecule has 27 heavy (non-hydrogen) atoms. The molecule has 1 N–H and O–H groups in total. The number of carboxylic acids is 1. The summed E-state index contributed by atoms with van der Waals surface area (Å²) >= 11 is 0. The summed E-state index contributed by atoms with van der Waals surface area (Å²) in [6.07, 6.45) is 1.34. The van der Waals surface area contributed by atoms with Crippen molar-refractivity contribution in [2.75, 3.05) is 6.61 Å². The lowest BCUT2D eigenvalue weighted by Gasteiger charge is -2.07. The first-order valence-corrected chi connectivity index (χ1v) is 7.29. The Morgan fingerprint density at radius 1 is 1.15 bits per heavy atom. The number of hydrogen-bond donors (Lipinski definition) is 1. The van der Waals surface area contributed by atoms with Gasteiger partial charge in [0.2, 0.25) is 5.75 Å². The van der Waals surface area contributed by atoms with Crippen molar-refractivity contribution in [1.29, 1.82) is 0 Å². The molecule has 0 unspecified atom stereocenters. The smallest absolute Gasteiger partial charge is 0.335 e. The molecule has 11 heteroatoms. The molecule has 0 aliphatic rings. The molecular weight excluding hydrogens is 360 g/mol. The molecule has 0 saturated carbocycles. The molecule has 0 aliphatic heterocycles. The number of rotatable bonds is 8. The first-order chi connectivity index (χ1) is 12.8. The van der Waals surface area contributed by atoms with E-state index in [1.54, 1.807) is 0 Å². The molecule has 0 saturated heterocycles. The van der Waals surface area contributed by atoms with Crippen molar-refractivity contribution in [3.63, 3.8) is 0 Å². The molecule has 138 valence electrons. The van der Waals surface area contributed by atoms with Crippen LogP contribution in [0.15, 0.2) is 59.3 Å². The number of nitro benzene ring substituents is 2. The van der Waals surface area contributed by atoms with E-state index in [0.29, 0.717) is 0 Å². The van der Waals surface area contributed by atoms with Gasteiger partial charge in [0.15, 0.2) is 0 Å². The number of benzene rings is 2. The molecule has 0 heterocycles. The van der Waals surface area contributed by atoms with Gasteiger partial charge < -0.3 is 9.84 Å². The fraction of sp³-hybridized carbons (Fsp3) is 0.0625. The summed E-state index contributed by atoms with van der Waals surface area (Å²) in [5, 5.41) is 38.8. The Morgan fingerprint density at radius 2 is 1.81 bits per heavy atom. The molecular formula is C16H12N4O7. The molecule has 0 spiro atoms. The van der Waals surface area contributed by atoms with Gasteiger partial charge in [-0.1, -0.05) is 12.7 Å². The molecule has 0 bridgehead atoms. The molecule has 0 atom stereocenters. The predicted octanol–water partition coefficient (Wildman–Crippen LogP) is 4.18. The fourth-order valence-corrected chi connectivity index (χ4v) is 1.97. The quantitative estimate of drug-likeness (QED) is 0.315. The first-order valence-electron chi connectivity index (χ1n) is 7.29. The van der Waals surface area contributed by atoms with Crippen LogP contribution < -0.4 is 4.74 Å². The lowest BCUT2D eigenvalue weighted by atomic mass is 10.2. The van der Waals surface area contributed by atoms with Crippen molar-refractivity contribution in [2.24, 2.45) is 10.2 Å². The molecule has 0 radical (unpaired) electrons. The first kappa shape index (κ1) is 19.2. The minimum Gasteiger partial charge on any atom is -0.481 e. The van der Waals surface area contributed by atoms with Crippen molar-refractivity contribution in [3.8, 4) is 5.75 Å². The average molecular weight is 372 g/mol. The van der Waals surface area contributed by atoms with Crippen molar-refractivity contribution in [2.45, 2.75) is 0 Å². The molecule has 2 aromatic rings. The Balaban J connectivity index is 2.51. The van der Waals surface area contributed by atoms with Gasteiger partial charge in [0, 0.05) is 6.07 Å². The van der Waals surface area contributed by atoms with E-state index in [-0.39, 0.29) is 29.3 Å². The number of azo groups is 1. The third-order valence-electron chi connectivity index (χ3n) is 3.17. The van der Waals surface area contributed by atoms with Gasteiger partial charge in [-0.15, -0.1) is 5.11 Å². The van der Waals surface area contributed by atoms with Gasteiger partial charge in [0.1, 0.15) is 12.3 Å². The summed E-state index contributed by atoms with van der Waals surface area (Å²) in [4.78, 5) is 31.5. The van der Waals surface area contributed by atoms with Crippen molar-refractivity contribution < 1.29 is 24.5 Å². The van der Waals surface area contributed by atoms with E-state index in [9.17, 15) is 25.0 Å². The zero-order valence-electron chi connectivity index (χ0n) is 13.6. The molecule has 0 fully saturated rings. The second-order valence-electron chi connectivity index (χ2n) is 4.98. The van der Waals surface area contributed by atoms with E-state index in [1.165, 1.54) is 30.3 Å². The highest BCUT2D eigenvalue weighted by atomic mass is 16.6. The fourth-order valence-electron chi connectivity index (χ4n) is 1.97. The number of non-ortho nitro benzene ring substituents is 1. The third-order valence-corrected chi connectivity index (χ3v) is 3.17. The molecule has 2 rings (SSSR count). The Bertz CT molecular complexity index is 939. The molecule has 0 aromatic heterocycles. The summed E-state index contributed by atoms with van der Waals surface area (Å²) in [5.41, 5.74) is -1.14. The van der Waals surface area contributed by atoms with Gasteiger partial charge in [0.25, 0.3) is 5.69 Å². The Morgan fingerprint density at radius 3 is 2.33 bits per heavy atom. The summed E-state index contributed by atoms with van der Waals surface area (Å²) in [6, 6.07) is 7.06. The molecule has 11 nitrogen and oxygen atoms in total. The standard InChI is InChI=1S/C16H12N4O7/c1-2-7-27-15-13(8-12(19(23)24)9-14(15)20(25)26)18-17-11-5-3-10(4-6-11)16(21)22/h2-6,8-9H,1,7H2,(H,21,22). The highest BCUT2D eigenvalue weighted by Crippen LogP contribution is 2.41. The van der Waals surface area contributed by atoms with Crippen molar-refractivity contribution in [3.05, 3.63) is 74.8 Å². The topological polar surface area (TPSA) is 158 Å². The van der Waals surface area contributed by atoms with Gasteiger partial charge >= 0.3 is 11.7 Å². The molecule has 0 amide bonds. The van der Waals surface area contributed by atoms with Gasteiger partial charge in [0.05, 0.1) is 27.2 Å². The normalized spacial score (nSPS) is 10.5. The summed E-state index contributed by atoms with van der Waals surface area (Å²) < 4.78 is 5.24. The third kappa shape index (κ3) is 4.69. The second kappa shape index (κ2) is 8.29. The van der Waals surface area contributed by atoms with Crippen LogP contribution in [0.4, 0.5) is 22.7 Å². The van der Waals surface area contributed by atoms with Gasteiger partial charge in [-0.05, 0) is 24.3 Å². The van der Waals surface area contributed by atoms with Crippen LogP contribution in [0.5, 0.6) is 5.75 Å². The highest BCUT2D eigenvalue weighted by molar-refractivity contribution is 5.87. The van der Waals surface area contributed by atoms with E-state index in [2.05, 4.69) is 16.8 Å². The summed E-state index contributed by atoms with van der Waals surface area (Å²) in [5.74, 6) is -1.41. The number of nitrogens with zero attached hydrogens (tertiary/aromatic N) is 4. The summed E-state index contributed by atoms with van der Waals surface area (Å²) in [6.45, 7) is 3.35. The lowest BCUT2D eigenvalue weighted by molar-refractivity contribution is -0.394. The number of aromatic carboxylic acids is 1. The predicted molar refractivity (Wildman–Crippen MR) is 93.0 cm³/mol. The largest absolute Gasteiger partial charge is 0.481 e. The monoisotopic (exact) mass is 372 g/mol. The van der Waals surface area contributed by atoms with E-state index in [4.69, 9.17) is 9.84 Å². The van der Waals surface area contributed by atoms with E-state index in [1.807, 2.05) is 0 Å². The maximum Gasteiger partial charge on any atom is 0.335 e. The minimum atomic E-state index is -1.12.